The van der Waals surface area contributed by atoms with Crippen LogP contribution in [0.15, 0.2) is 54.6 Å². The van der Waals surface area contributed by atoms with Crippen molar-refractivity contribution in [2.24, 2.45) is 5.92 Å². The van der Waals surface area contributed by atoms with Crippen molar-refractivity contribution >= 4 is 23.3 Å². The Morgan fingerprint density at radius 1 is 1.07 bits per heavy atom. The number of amides is 1. The molecule has 2 aromatic rings. The number of quaternary nitrogens is 1. The average molecular weight is 395 g/mol. The first kappa shape index (κ1) is 20.7. The van der Waals surface area contributed by atoms with Crippen LogP contribution in [-0.2, 0) is 14.3 Å². The molecule has 6 heteroatoms. The zero-order valence-electron chi connectivity index (χ0n) is 16.6. The van der Waals surface area contributed by atoms with E-state index in [1.807, 2.05) is 18.2 Å². The van der Waals surface area contributed by atoms with Crippen LogP contribution in [0, 0.1) is 5.92 Å². The Labute approximate surface area is 170 Å². The van der Waals surface area contributed by atoms with Gasteiger partial charge in [0.1, 0.15) is 5.92 Å². The number of carbonyl (C=O) groups excluding carboxylic acids is 3. The van der Waals surface area contributed by atoms with Crippen LogP contribution in [0.4, 0.5) is 5.69 Å². The van der Waals surface area contributed by atoms with E-state index in [0.717, 1.165) is 24.3 Å². The molecular weight excluding hydrogens is 368 g/mol. The van der Waals surface area contributed by atoms with Crippen LogP contribution in [0.5, 0.6) is 0 Å². The van der Waals surface area contributed by atoms with Gasteiger partial charge in [0.15, 0.2) is 12.3 Å². The molecule has 1 aliphatic rings. The molecule has 3 rings (SSSR count). The summed E-state index contributed by atoms with van der Waals surface area (Å²) in [5.74, 6) is -0.630. The maximum atomic E-state index is 12.8. The van der Waals surface area contributed by atoms with Gasteiger partial charge < -0.3 is 15.0 Å². The minimum absolute atomic E-state index is 0.130. The third-order valence-corrected chi connectivity index (χ3v) is 5.13. The quantitative estimate of drug-likeness (QED) is 0.553. The maximum absolute atomic E-state index is 12.8. The number of hydrogen-bond acceptors (Lipinski definition) is 4. The topological polar surface area (TPSA) is 76.9 Å². The lowest BCUT2D eigenvalue weighted by atomic mass is 9.98. The van der Waals surface area contributed by atoms with Gasteiger partial charge in [-0.15, -0.1) is 0 Å². The number of carbonyl (C=O) groups is 3. The molecule has 0 aromatic heterocycles. The number of anilines is 1. The number of likely N-dealkylation sites (tertiary alicyclic amines) is 1. The summed E-state index contributed by atoms with van der Waals surface area (Å²) in [6, 6.07) is 16.0. The molecule has 0 radical (unpaired) electrons. The first-order chi connectivity index (χ1) is 14.1. The van der Waals surface area contributed by atoms with E-state index in [-0.39, 0.29) is 30.1 Å². The highest BCUT2D eigenvalue weighted by Crippen LogP contribution is 2.19. The third kappa shape index (κ3) is 5.51. The minimum Gasteiger partial charge on any atom is -0.466 e. The van der Waals surface area contributed by atoms with Gasteiger partial charge in [0.05, 0.1) is 25.4 Å². The lowest BCUT2D eigenvalue weighted by Gasteiger charge is -2.28. The first-order valence-electron chi connectivity index (χ1n) is 10.1. The van der Waals surface area contributed by atoms with Crippen LogP contribution in [-0.4, -0.2) is 43.9 Å². The number of rotatable bonds is 7. The van der Waals surface area contributed by atoms with Crippen LogP contribution in [0.1, 0.15) is 35.7 Å². The Balaban J connectivity index is 1.64. The molecule has 1 aliphatic heterocycles. The largest absolute Gasteiger partial charge is 0.466 e. The number of ether oxygens (including phenoxy) is 1. The zero-order valence-corrected chi connectivity index (χ0v) is 16.6. The molecule has 0 bridgehead atoms. The van der Waals surface area contributed by atoms with E-state index in [1.54, 1.807) is 43.3 Å². The molecule has 1 heterocycles. The van der Waals surface area contributed by atoms with Crippen molar-refractivity contribution in [1.29, 1.82) is 0 Å². The summed E-state index contributed by atoms with van der Waals surface area (Å²) in [5, 5.41) is 2.88. The molecule has 6 nitrogen and oxygen atoms in total. The predicted octanol–water partition coefficient (Wildman–Crippen LogP) is 1.71. The van der Waals surface area contributed by atoms with Gasteiger partial charge in [-0.05, 0) is 31.9 Å². The molecule has 1 unspecified atom stereocenters. The highest BCUT2D eigenvalue weighted by molar-refractivity contribution is 6.13. The Morgan fingerprint density at radius 3 is 2.55 bits per heavy atom. The molecule has 29 heavy (non-hydrogen) atoms. The summed E-state index contributed by atoms with van der Waals surface area (Å²) in [5.41, 5.74) is 1.54. The van der Waals surface area contributed by atoms with Gasteiger partial charge in [-0.1, -0.05) is 42.5 Å². The van der Waals surface area contributed by atoms with Crippen molar-refractivity contribution < 1.29 is 24.0 Å². The van der Waals surface area contributed by atoms with Gasteiger partial charge in [-0.25, -0.2) is 0 Å². The Bertz CT molecular complexity index is 866. The second-order valence-electron chi connectivity index (χ2n) is 7.26. The van der Waals surface area contributed by atoms with Crippen molar-refractivity contribution in [1.82, 2.24) is 0 Å². The number of nitrogens with one attached hydrogen (secondary N) is 2. The molecular formula is C23H27N2O4+. The highest BCUT2D eigenvalue weighted by Gasteiger charge is 2.31. The number of piperidine rings is 1. The monoisotopic (exact) mass is 395 g/mol. The Morgan fingerprint density at radius 2 is 1.79 bits per heavy atom. The third-order valence-electron chi connectivity index (χ3n) is 5.13. The van der Waals surface area contributed by atoms with E-state index in [0.29, 0.717) is 30.0 Å². The number of esters is 1. The van der Waals surface area contributed by atoms with E-state index < -0.39 is 0 Å². The van der Waals surface area contributed by atoms with Crippen molar-refractivity contribution in [3.8, 4) is 0 Å². The summed E-state index contributed by atoms with van der Waals surface area (Å²) < 4.78 is 5.12. The fourth-order valence-electron chi connectivity index (χ4n) is 3.73. The predicted molar refractivity (Wildman–Crippen MR) is 110 cm³/mol. The second kappa shape index (κ2) is 9.98. The molecule has 152 valence electrons. The Hall–Kier alpha value is -2.99. The number of ketones is 1. The van der Waals surface area contributed by atoms with E-state index in [2.05, 4.69) is 5.32 Å². The highest BCUT2D eigenvalue weighted by atomic mass is 16.5. The first-order valence-corrected chi connectivity index (χ1v) is 10.1. The Kier molecular flexibility index (Phi) is 7.14. The average Bonchev–Trinajstić information content (AvgIpc) is 2.74. The van der Waals surface area contributed by atoms with Crippen molar-refractivity contribution in [3.05, 3.63) is 65.7 Å². The van der Waals surface area contributed by atoms with E-state index in [1.165, 1.54) is 0 Å². The molecule has 2 aromatic carbocycles. The van der Waals surface area contributed by atoms with Gasteiger partial charge in [0.25, 0.3) is 5.91 Å². The van der Waals surface area contributed by atoms with Crippen LogP contribution in [0.25, 0.3) is 0 Å². The van der Waals surface area contributed by atoms with Gasteiger partial charge in [-0.2, -0.15) is 0 Å². The summed E-state index contributed by atoms with van der Waals surface area (Å²) in [4.78, 5) is 38.5. The van der Waals surface area contributed by atoms with E-state index >= 15 is 0 Å². The lowest BCUT2D eigenvalue weighted by molar-refractivity contribution is -0.899. The summed E-state index contributed by atoms with van der Waals surface area (Å²) >= 11 is 0. The lowest BCUT2D eigenvalue weighted by Crippen LogP contribution is -3.14. The van der Waals surface area contributed by atoms with Crippen LogP contribution < -0.4 is 10.2 Å². The number of para-hydroxylation sites is 1. The molecule has 2 N–H and O–H groups in total. The van der Waals surface area contributed by atoms with Crippen LogP contribution in [0.3, 0.4) is 0 Å². The normalized spacial score (nSPS) is 18.7. The molecule has 0 spiro atoms. The SMILES string of the molecule is CCOC(=O)[C@H]1CCC[NH+](CC(=O)Nc2ccccc2C(=O)c2ccccc2)C1. The van der Waals surface area contributed by atoms with E-state index in [9.17, 15) is 14.4 Å². The molecule has 0 saturated carbocycles. The molecule has 1 amide bonds. The van der Waals surface area contributed by atoms with Gasteiger partial charge >= 0.3 is 5.97 Å². The summed E-state index contributed by atoms with van der Waals surface area (Å²) in [7, 11) is 0. The second-order valence-corrected chi connectivity index (χ2v) is 7.26. The zero-order chi connectivity index (χ0) is 20.6. The minimum atomic E-state index is -0.177. The van der Waals surface area contributed by atoms with Crippen molar-refractivity contribution in [2.45, 2.75) is 19.8 Å². The van der Waals surface area contributed by atoms with Gasteiger partial charge in [-0.3, -0.25) is 14.4 Å². The molecule has 2 atom stereocenters. The fraction of sp³-hybridized carbons (Fsp3) is 0.348. The van der Waals surface area contributed by atoms with Crippen LogP contribution >= 0.6 is 0 Å². The molecule has 1 fully saturated rings. The van der Waals surface area contributed by atoms with Crippen LogP contribution in [0.2, 0.25) is 0 Å². The maximum Gasteiger partial charge on any atom is 0.314 e. The standard InChI is InChI=1S/C23H26N2O4/c1-2-29-23(28)18-11-8-14-25(15-18)16-21(26)24-20-13-7-6-12-19(20)22(27)17-9-4-3-5-10-17/h3-7,9-10,12-13,18H,2,8,11,14-16H2,1H3,(H,24,26)/p+1/t18-/m0/s1. The van der Waals surface area contributed by atoms with Gasteiger partial charge in [0.2, 0.25) is 0 Å². The molecule has 1 saturated heterocycles. The number of benzene rings is 2. The fourth-order valence-corrected chi connectivity index (χ4v) is 3.73. The molecule has 0 aliphatic carbocycles. The number of hydrogen-bond donors (Lipinski definition) is 2. The van der Waals surface area contributed by atoms with E-state index in [4.69, 9.17) is 4.74 Å². The summed E-state index contributed by atoms with van der Waals surface area (Å²) in [6.45, 7) is 3.86. The van der Waals surface area contributed by atoms with Crippen molar-refractivity contribution in [2.75, 3.05) is 31.6 Å². The van der Waals surface area contributed by atoms with Crippen molar-refractivity contribution in [3.63, 3.8) is 0 Å². The summed E-state index contributed by atoms with van der Waals surface area (Å²) in [6.07, 6.45) is 1.69. The van der Waals surface area contributed by atoms with Gasteiger partial charge in [0, 0.05) is 11.1 Å². The smallest absolute Gasteiger partial charge is 0.314 e.